The molecule has 1 aliphatic rings. The molecule has 0 heterocycles. The molecule has 1 rings (SSSR count). The van der Waals surface area contributed by atoms with Crippen LogP contribution in [0.1, 0.15) is 108 Å². The van der Waals surface area contributed by atoms with Gasteiger partial charge in [-0.3, -0.25) is 28.9 Å². The van der Waals surface area contributed by atoms with Gasteiger partial charge in [-0.15, -0.1) is 0 Å². The summed E-state index contributed by atoms with van der Waals surface area (Å²) in [6.45, 7) is 21.4. The van der Waals surface area contributed by atoms with Crippen LogP contribution in [0.5, 0.6) is 0 Å². The fourth-order valence-electron chi connectivity index (χ4n) is 7.67. The van der Waals surface area contributed by atoms with Crippen LogP contribution in [0.15, 0.2) is 0 Å². The zero-order valence-corrected chi connectivity index (χ0v) is 38.4. The summed E-state index contributed by atoms with van der Waals surface area (Å²) in [5, 5.41) is 17.7. The first-order valence-electron chi connectivity index (χ1n) is 20.9. The number of carboxylic acid groups (broad SMARTS) is 1. The Hall–Kier alpha value is -3.50. The molecule has 0 bridgehead atoms. The van der Waals surface area contributed by atoms with Gasteiger partial charge in [0, 0.05) is 47.9 Å². The van der Waals surface area contributed by atoms with Crippen LogP contribution in [0.2, 0.25) is 0 Å². The number of carbonyl (C=O) groups is 6. The summed E-state index contributed by atoms with van der Waals surface area (Å²) in [7, 11) is 8.27. The number of rotatable bonds is 25. The predicted molar refractivity (Wildman–Crippen MR) is 223 cm³/mol. The number of amides is 5. The van der Waals surface area contributed by atoms with E-state index in [-0.39, 0.29) is 53.7 Å². The van der Waals surface area contributed by atoms with E-state index in [2.05, 4.69) is 16.0 Å². The number of carbonyl (C=O) groups excluding carboxylic acids is 5. The number of aliphatic carboxylic acids is 1. The minimum Gasteiger partial charge on any atom is -0.480 e. The summed E-state index contributed by atoms with van der Waals surface area (Å²) < 4.78 is 17.1. The van der Waals surface area contributed by atoms with E-state index < -0.39 is 59.5 Å². The minimum atomic E-state index is -1.11. The molecular weight excluding hydrogens is 748 g/mol. The third-order valence-corrected chi connectivity index (χ3v) is 11.6. The van der Waals surface area contributed by atoms with Crippen LogP contribution < -0.4 is 16.0 Å². The third kappa shape index (κ3) is 15.3. The number of hydrogen-bond acceptors (Lipinski definition) is 10. The quantitative estimate of drug-likeness (QED) is 0.0980. The normalized spacial score (nSPS) is 20.3. The maximum atomic E-state index is 14.3. The van der Waals surface area contributed by atoms with Crippen molar-refractivity contribution in [2.24, 2.45) is 29.6 Å². The number of likely N-dealkylation sites (N-methyl/N-ethyl adjacent to an activating group) is 3. The summed E-state index contributed by atoms with van der Waals surface area (Å²) in [6.07, 6.45) is 1.68. The van der Waals surface area contributed by atoms with Crippen molar-refractivity contribution in [2.75, 3.05) is 55.0 Å². The molecule has 0 radical (unpaired) electrons. The zero-order valence-electron chi connectivity index (χ0n) is 38.4. The highest BCUT2D eigenvalue weighted by Gasteiger charge is 2.59. The summed E-state index contributed by atoms with van der Waals surface area (Å²) in [6, 6.07) is -2.89. The van der Waals surface area contributed by atoms with E-state index in [1.165, 1.54) is 18.9 Å². The van der Waals surface area contributed by atoms with Crippen molar-refractivity contribution in [3.05, 3.63) is 0 Å². The topological polar surface area (TPSA) is 196 Å². The molecule has 0 unspecified atom stereocenters. The van der Waals surface area contributed by atoms with Gasteiger partial charge in [-0.25, -0.2) is 4.79 Å². The summed E-state index contributed by atoms with van der Waals surface area (Å²) in [5.74, 6) is -3.11. The molecule has 0 saturated heterocycles. The molecule has 1 saturated carbocycles. The van der Waals surface area contributed by atoms with Crippen LogP contribution in [-0.4, -0.2) is 152 Å². The minimum absolute atomic E-state index is 0.0181. The van der Waals surface area contributed by atoms with Crippen molar-refractivity contribution in [2.45, 2.75) is 150 Å². The Morgan fingerprint density at radius 2 is 1.48 bits per heavy atom. The third-order valence-electron chi connectivity index (χ3n) is 11.6. The molecule has 0 aromatic rings. The molecule has 1 fully saturated rings. The van der Waals surface area contributed by atoms with Crippen molar-refractivity contribution in [3.63, 3.8) is 0 Å². The molecule has 5 amide bonds. The Balaban J connectivity index is 2.96. The lowest BCUT2D eigenvalue weighted by Gasteiger charge is -2.40. The molecule has 4 N–H and O–H groups in total. The highest BCUT2D eigenvalue weighted by Crippen LogP contribution is 2.54. The van der Waals surface area contributed by atoms with Gasteiger partial charge in [-0.05, 0) is 77.7 Å². The SMILES string of the molecule is CC[C@H](C)[C@@H]([C@@H](CC(=O)NCCC[C@@H]1C[C@@]1(OC)[C@@H](C)C(=O)N[C@@H](C)C(=O)O)OC)N(C)C(=O)[C@@H](NC(=O)[C@H](C(C)C)N(C)CCN(C)C(=O)OC(C)(C)C)C(C)C. The Morgan fingerprint density at radius 3 is 1.97 bits per heavy atom. The molecule has 0 spiro atoms. The maximum Gasteiger partial charge on any atom is 0.410 e. The Morgan fingerprint density at radius 1 is 0.879 bits per heavy atom. The van der Waals surface area contributed by atoms with Gasteiger partial charge < -0.3 is 45.1 Å². The van der Waals surface area contributed by atoms with Crippen molar-refractivity contribution < 1.29 is 48.1 Å². The Kier molecular flexibility index (Phi) is 21.1. The predicted octanol–water partition coefficient (Wildman–Crippen LogP) is 3.76. The van der Waals surface area contributed by atoms with Gasteiger partial charge >= 0.3 is 12.1 Å². The van der Waals surface area contributed by atoms with Crippen molar-refractivity contribution in [3.8, 4) is 0 Å². The van der Waals surface area contributed by atoms with Gasteiger partial charge in [0.2, 0.25) is 23.6 Å². The molecule has 1 aliphatic carbocycles. The van der Waals surface area contributed by atoms with Crippen LogP contribution in [0.3, 0.4) is 0 Å². The zero-order chi connectivity index (χ0) is 44.9. The summed E-state index contributed by atoms with van der Waals surface area (Å²) >= 11 is 0. The lowest BCUT2D eigenvalue weighted by Crippen LogP contribution is -2.60. The smallest absolute Gasteiger partial charge is 0.410 e. The summed E-state index contributed by atoms with van der Waals surface area (Å²) in [5.41, 5.74) is -1.30. The van der Waals surface area contributed by atoms with E-state index in [4.69, 9.17) is 19.3 Å². The largest absolute Gasteiger partial charge is 0.480 e. The van der Waals surface area contributed by atoms with E-state index in [0.717, 1.165) is 0 Å². The number of methoxy groups -OCH3 is 2. The second-order valence-corrected chi connectivity index (χ2v) is 17.9. The number of hydrogen-bond donors (Lipinski definition) is 4. The van der Waals surface area contributed by atoms with Crippen LogP contribution in [0, 0.1) is 29.6 Å². The molecule has 0 aromatic heterocycles. The van der Waals surface area contributed by atoms with E-state index in [9.17, 15) is 28.8 Å². The van der Waals surface area contributed by atoms with Gasteiger partial charge in [0.25, 0.3) is 0 Å². The first-order valence-corrected chi connectivity index (χ1v) is 20.9. The van der Waals surface area contributed by atoms with Gasteiger partial charge in [0.15, 0.2) is 0 Å². The van der Waals surface area contributed by atoms with Gasteiger partial charge in [-0.2, -0.15) is 0 Å². The van der Waals surface area contributed by atoms with Crippen molar-refractivity contribution in [1.82, 2.24) is 30.7 Å². The van der Waals surface area contributed by atoms with Crippen molar-refractivity contribution >= 4 is 35.7 Å². The molecule has 9 atom stereocenters. The summed E-state index contributed by atoms with van der Waals surface area (Å²) in [4.78, 5) is 82.9. The van der Waals surface area contributed by atoms with E-state index >= 15 is 0 Å². The monoisotopic (exact) mass is 827 g/mol. The number of ether oxygens (including phenoxy) is 3. The van der Waals surface area contributed by atoms with Gasteiger partial charge in [0.05, 0.1) is 36.1 Å². The maximum absolute atomic E-state index is 14.3. The lowest BCUT2D eigenvalue weighted by atomic mass is 9.89. The fourth-order valence-corrected chi connectivity index (χ4v) is 7.67. The number of nitrogens with one attached hydrogen (secondary N) is 3. The molecule has 0 aliphatic heterocycles. The Bertz CT molecular complexity index is 1370. The van der Waals surface area contributed by atoms with Gasteiger partial charge in [0.1, 0.15) is 17.7 Å². The Labute approximate surface area is 348 Å². The van der Waals surface area contributed by atoms with Gasteiger partial charge in [-0.1, -0.05) is 54.9 Å². The standard InChI is InChI=1S/C42H78N6O10/c1-17-27(6)35(31(56-15)23-32(49)43-20-18-19-30-24-42(30,57-16)28(7)36(50)44-29(8)39(53)54)48(14)38(52)33(25(2)3)45-37(51)34(26(4)5)46(12)21-22-47(13)40(55)58-41(9,10)11/h25-31,33-35H,17-24H2,1-16H3,(H,43,49)(H,44,50)(H,45,51)(H,53,54)/t27-,28-,29-,30+,31+,33-,34-,35-,42+/m0/s1. The number of carboxylic acids is 1. The molecule has 58 heavy (non-hydrogen) atoms. The second-order valence-electron chi connectivity index (χ2n) is 17.9. The van der Waals surface area contributed by atoms with Crippen LogP contribution >= 0.6 is 0 Å². The van der Waals surface area contributed by atoms with E-state index in [1.807, 2.05) is 53.5 Å². The van der Waals surface area contributed by atoms with Crippen LogP contribution in [0.25, 0.3) is 0 Å². The second kappa shape index (κ2) is 23.3. The molecule has 336 valence electrons. The molecule has 16 nitrogen and oxygen atoms in total. The molecular formula is C42H78N6O10. The first kappa shape index (κ1) is 52.5. The fraction of sp³-hybridized carbons (Fsp3) is 0.857. The highest BCUT2D eigenvalue weighted by molar-refractivity contribution is 5.90. The first-order chi connectivity index (χ1) is 26.8. The van der Waals surface area contributed by atoms with E-state index in [0.29, 0.717) is 45.3 Å². The van der Waals surface area contributed by atoms with E-state index in [1.54, 1.807) is 53.8 Å². The number of nitrogens with zero attached hydrogens (tertiary/aromatic N) is 3. The van der Waals surface area contributed by atoms with Crippen molar-refractivity contribution in [1.29, 1.82) is 0 Å². The lowest BCUT2D eigenvalue weighted by molar-refractivity contribution is -0.144. The average Bonchev–Trinajstić information content (AvgIpc) is 3.86. The molecule has 16 heteroatoms. The van der Waals surface area contributed by atoms with Crippen LogP contribution in [0.4, 0.5) is 4.79 Å². The highest BCUT2D eigenvalue weighted by atomic mass is 16.6. The van der Waals surface area contributed by atoms with Crippen LogP contribution in [-0.2, 0) is 38.2 Å². The molecule has 0 aromatic carbocycles. The average molecular weight is 827 g/mol.